The normalized spacial score (nSPS) is 38.0. The van der Waals surface area contributed by atoms with E-state index in [4.69, 9.17) is 14.2 Å². The lowest BCUT2D eigenvalue weighted by molar-refractivity contribution is -0.114. The van der Waals surface area contributed by atoms with Gasteiger partial charge in [0.15, 0.2) is 5.78 Å². The SMILES string of the molecule is C=C1CCO[C@]12CC[C@H]1[C@@H]3CCC4=CC(=O)CCC4=C3[C@@H](c3ccc(OC)cc3)OC[C@@]12C. The van der Waals surface area contributed by atoms with Gasteiger partial charge in [0.25, 0.3) is 0 Å². The number of rotatable bonds is 2. The first kappa shape index (κ1) is 21.4. The molecule has 0 aromatic heterocycles. The average Bonchev–Trinajstić information content (AvgIpc) is 3.30. The van der Waals surface area contributed by atoms with E-state index in [0.29, 0.717) is 24.9 Å². The highest BCUT2D eigenvalue weighted by atomic mass is 16.5. The molecule has 2 saturated heterocycles. The van der Waals surface area contributed by atoms with Gasteiger partial charge in [0.05, 0.1) is 25.9 Å². The third-order valence-electron chi connectivity index (χ3n) is 9.43. The number of methoxy groups -OCH3 is 1. The van der Waals surface area contributed by atoms with Crippen molar-refractivity contribution in [1.82, 2.24) is 0 Å². The molecule has 3 aliphatic carbocycles. The van der Waals surface area contributed by atoms with Crippen molar-refractivity contribution < 1.29 is 19.0 Å². The smallest absolute Gasteiger partial charge is 0.156 e. The molecule has 0 N–H and O–H groups in total. The molecular weight excluding hydrogens is 412 g/mol. The Bertz CT molecular complexity index is 1060. The Labute approximate surface area is 196 Å². The molecule has 1 saturated carbocycles. The molecular formula is C29H34O4. The molecule has 1 spiro atoms. The quantitative estimate of drug-likeness (QED) is 0.531. The standard InChI is InChI=1S/C29H34O4/c1-18-13-15-33-29(18)14-12-25-24-10-6-20-16-21(30)7-11-23(20)26(24)27(32-17-28(25,29)2)19-4-8-22(31-3)9-5-19/h4-5,8-9,16,24-25,27H,1,6-7,10-15,17H2,2-3H3/t24-,25-,27+,28-,29+/m0/s1. The molecule has 0 radical (unpaired) electrons. The van der Waals surface area contributed by atoms with Crippen LogP contribution in [0.1, 0.15) is 63.5 Å². The summed E-state index contributed by atoms with van der Waals surface area (Å²) in [6, 6.07) is 8.34. The lowest BCUT2D eigenvalue weighted by Gasteiger charge is -2.45. The lowest BCUT2D eigenvalue weighted by atomic mass is 9.61. The molecule has 1 aromatic rings. The Morgan fingerprint density at radius 3 is 2.64 bits per heavy atom. The molecule has 2 aliphatic heterocycles. The van der Waals surface area contributed by atoms with Gasteiger partial charge in [-0.1, -0.05) is 25.6 Å². The molecule has 4 heteroatoms. The summed E-state index contributed by atoms with van der Waals surface area (Å²) in [5.41, 5.74) is 6.14. The van der Waals surface area contributed by atoms with Crippen LogP contribution in [0.2, 0.25) is 0 Å². The van der Waals surface area contributed by atoms with Crippen LogP contribution in [-0.4, -0.2) is 31.7 Å². The monoisotopic (exact) mass is 446 g/mol. The fourth-order valence-electron chi connectivity index (χ4n) is 7.78. The average molecular weight is 447 g/mol. The van der Waals surface area contributed by atoms with Crippen LogP contribution in [0.3, 0.4) is 0 Å². The van der Waals surface area contributed by atoms with Gasteiger partial charge >= 0.3 is 0 Å². The minimum absolute atomic E-state index is 0.0933. The number of carbonyl (C=O) groups excluding carboxylic acids is 1. The number of hydrogen-bond acceptors (Lipinski definition) is 4. The molecule has 1 aromatic carbocycles. The summed E-state index contributed by atoms with van der Waals surface area (Å²) < 4.78 is 18.9. The molecule has 33 heavy (non-hydrogen) atoms. The highest BCUT2D eigenvalue weighted by molar-refractivity contribution is 5.93. The van der Waals surface area contributed by atoms with Crippen molar-refractivity contribution in [1.29, 1.82) is 0 Å². The maximum absolute atomic E-state index is 12.2. The zero-order valence-electron chi connectivity index (χ0n) is 19.8. The van der Waals surface area contributed by atoms with E-state index in [1.165, 1.54) is 27.9 Å². The Balaban J connectivity index is 1.51. The summed E-state index contributed by atoms with van der Waals surface area (Å²) >= 11 is 0. The largest absolute Gasteiger partial charge is 0.497 e. The molecule has 0 unspecified atom stereocenters. The van der Waals surface area contributed by atoms with E-state index in [2.05, 4.69) is 25.6 Å². The number of hydrogen-bond donors (Lipinski definition) is 0. The van der Waals surface area contributed by atoms with Crippen LogP contribution in [0.4, 0.5) is 0 Å². The maximum atomic E-state index is 12.2. The van der Waals surface area contributed by atoms with Crippen LogP contribution >= 0.6 is 0 Å². The Morgan fingerprint density at radius 1 is 1.09 bits per heavy atom. The lowest BCUT2D eigenvalue weighted by Crippen LogP contribution is -2.49. The number of allylic oxidation sites excluding steroid dienone is 3. The van der Waals surface area contributed by atoms with Gasteiger partial charge in [0.2, 0.25) is 0 Å². The van der Waals surface area contributed by atoms with Crippen molar-refractivity contribution in [3.63, 3.8) is 0 Å². The van der Waals surface area contributed by atoms with Crippen LogP contribution in [0.5, 0.6) is 5.75 Å². The van der Waals surface area contributed by atoms with Gasteiger partial charge in [0, 0.05) is 11.8 Å². The zero-order chi connectivity index (χ0) is 22.8. The minimum atomic E-state index is -0.263. The van der Waals surface area contributed by atoms with Gasteiger partial charge in [-0.15, -0.1) is 0 Å². The summed E-state index contributed by atoms with van der Waals surface area (Å²) in [4.78, 5) is 12.2. The van der Waals surface area contributed by atoms with Crippen molar-refractivity contribution in [3.05, 3.63) is 64.8 Å². The molecule has 5 atom stereocenters. The second-order valence-corrected chi connectivity index (χ2v) is 10.8. The van der Waals surface area contributed by atoms with E-state index < -0.39 is 0 Å². The highest BCUT2D eigenvalue weighted by Gasteiger charge is 2.64. The van der Waals surface area contributed by atoms with Gasteiger partial charge < -0.3 is 14.2 Å². The van der Waals surface area contributed by atoms with E-state index in [1.54, 1.807) is 7.11 Å². The second kappa shape index (κ2) is 7.68. The molecule has 4 nitrogen and oxygen atoms in total. The summed E-state index contributed by atoms with van der Waals surface area (Å²) in [7, 11) is 1.70. The highest BCUT2D eigenvalue weighted by Crippen LogP contribution is 2.65. The fourth-order valence-corrected chi connectivity index (χ4v) is 7.78. The predicted octanol–water partition coefficient (Wildman–Crippen LogP) is 5.89. The van der Waals surface area contributed by atoms with Crippen LogP contribution in [0.15, 0.2) is 59.2 Å². The molecule has 6 rings (SSSR count). The van der Waals surface area contributed by atoms with Gasteiger partial charge in [-0.05, 0) is 96.4 Å². The van der Waals surface area contributed by atoms with Gasteiger partial charge in [-0.25, -0.2) is 0 Å². The molecule has 0 amide bonds. The zero-order valence-corrected chi connectivity index (χ0v) is 19.8. The summed E-state index contributed by atoms with van der Waals surface area (Å²) in [5, 5.41) is 0. The number of benzene rings is 1. The van der Waals surface area contributed by atoms with Crippen molar-refractivity contribution in [2.75, 3.05) is 20.3 Å². The topological polar surface area (TPSA) is 44.8 Å². The van der Waals surface area contributed by atoms with E-state index in [9.17, 15) is 4.79 Å². The van der Waals surface area contributed by atoms with E-state index >= 15 is 0 Å². The number of carbonyl (C=O) groups is 1. The Morgan fingerprint density at radius 2 is 1.91 bits per heavy atom. The third kappa shape index (κ3) is 2.99. The summed E-state index contributed by atoms with van der Waals surface area (Å²) in [6.45, 7) is 8.32. The first-order valence-electron chi connectivity index (χ1n) is 12.5. The van der Waals surface area contributed by atoms with Crippen LogP contribution in [0, 0.1) is 17.3 Å². The van der Waals surface area contributed by atoms with Crippen molar-refractivity contribution >= 4 is 5.78 Å². The Kier molecular flexibility index (Phi) is 4.97. The Hall–Kier alpha value is -2.17. The second-order valence-electron chi connectivity index (χ2n) is 10.8. The van der Waals surface area contributed by atoms with Crippen LogP contribution in [0.25, 0.3) is 0 Å². The first-order chi connectivity index (χ1) is 16.0. The van der Waals surface area contributed by atoms with Crippen molar-refractivity contribution in [3.8, 4) is 5.75 Å². The summed E-state index contributed by atoms with van der Waals surface area (Å²) in [6.07, 6.45) is 8.48. The predicted molar refractivity (Wildman–Crippen MR) is 127 cm³/mol. The van der Waals surface area contributed by atoms with E-state index in [0.717, 1.165) is 50.9 Å². The van der Waals surface area contributed by atoms with Crippen molar-refractivity contribution in [2.45, 2.75) is 63.6 Å². The molecule has 2 heterocycles. The maximum Gasteiger partial charge on any atom is 0.156 e. The van der Waals surface area contributed by atoms with Crippen LogP contribution in [-0.2, 0) is 14.3 Å². The first-order valence-corrected chi connectivity index (χ1v) is 12.5. The minimum Gasteiger partial charge on any atom is -0.497 e. The number of ketones is 1. The fraction of sp³-hybridized carbons (Fsp3) is 0.552. The number of ether oxygens (including phenoxy) is 3. The van der Waals surface area contributed by atoms with Gasteiger partial charge in [-0.2, -0.15) is 0 Å². The molecule has 5 aliphatic rings. The van der Waals surface area contributed by atoms with Crippen molar-refractivity contribution in [2.24, 2.45) is 17.3 Å². The van der Waals surface area contributed by atoms with Gasteiger partial charge in [-0.3, -0.25) is 4.79 Å². The third-order valence-corrected chi connectivity index (χ3v) is 9.43. The van der Waals surface area contributed by atoms with Gasteiger partial charge in [0.1, 0.15) is 11.9 Å². The summed E-state index contributed by atoms with van der Waals surface area (Å²) in [5.74, 6) is 2.06. The van der Waals surface area contributed by atoms with Crippen LogP contribution < -0.4 is 4.74 Å². The molecule has 174 valence electrons. The molecule has 3 fully saturated rings. The van der Waals surface area contributed by atoms with E-state index in [1.807, 2.05) is 18.2 Å². The molecule has 0 bridgehead atoms. The van der Waals surface area contributed by atoms with E-state index in [-0.39, 0.29) is 22.9 Å². The number of fused-ring (bicyclic) bond motifs is 5.